The summed E-state index contributed by atoms with van der Waals surface area (Å²) in [5, 5.41) is 0.624. The molecule has 1 saturated heterocycles. The maximum Gasteiger partial charge on any atom is 0.184 e. The molecule has 0 atom stereocenters. The third-order valence-electron chi connectivity index (χ3n) is 2.96. The van der Waals surface area contributed by atoms with Crippen LogP contribution >= 0.6 is 0 Å². The van der Waals surface area contributed by atoms with Crippen LogP contribution in [0.2, 0.25) is 19.6 Å². The number of halogens is 1. The van der Waals surface area contributed by atoms with Crippen LogP contribution < -0.4 is 5.19 Å². The van der Waals surface area contributed by atoms with Crippen LogP contribution in [-0.2, 0) is 9.47 Å². The van der Waals surface area contributed by atoms with Crippen molar-refractivity contribution in [3.8, 4) is 0 Å². The Morgan fingerprint density at radius 1 is 1.28 bits per heavy atom. The largest absolute Gasteiger partial charge is 0.346 e. The molecule has 0 saturated carbocycles. The molecular formula is C13H17FO3Si. The van der Waals surface area contributed by atoms with E-state index < -0.39 is 20.2 Å². The molecule has 0 N–H and O–H groups in total. The Morgan fingerprint density at radius 2 is 1.89 bits per heavy atom. The van der Waals surface area contributed by atoms with Gasteiger partial charge in [0.1, 0.15) is 5.82 Å². The summed E-state index contributed by atoms with van der Waals surface area (Å²) in [5.41, 5.74) is 0.837. The first kappa shape index (κ1) is 13.4. The average molecular weight is 268 g/mol. The lowest BCUT2D eigenvalue weighted by atomic mass is 10.1. The molecule has 98 valence electrons. The van der Waals surface area contributed by atoms with Gasteiger partial charge >= 0.3 is 0 Å². The topological polar surface area (TPSA) is 35.5 Å². The Bertz CT molecular complexity index is 462. The van der Waals surface area contributed by atoms with Gasteiger partial charge in [-0.2, -0.15) is 0 Å². The molecule has 0 aliphatic carbocycles. The zero-order chi connectivity index (χ0) is 13.3. The Labute approximate surface area is 107 Å². The van der Waals surface area contributed by atoms with Gasteiger partial charge in [0.2, 0.25) is 0 Å². The fourth-order valence-electron chi connectivity index (χ4n) is 2.19. The van der Waals surface area contributed by atoms with E-state index in [1.165, 1.54) is 6.07 Å². The summed E-state index contributed by atoms with van der Waals surface area (Å²) >= 11 is 0. The molecule has 5 heteroatoms. The second-order valence-corrected chi connectivity index (χ2v) is 10.4. The van der Waals surface area contributed by atoms with Crippen LogP contribution in [-0.4, -0.2) is 27.6 Å². The van der Waals surface area contributed by atoms with Gasteiger partial charge in [0.05, 0.1) is 21.3 Å². The summed E-state index contributed by atoms with van der Waals surface area (Å²) in [6.07, 6.45) is 0.0565. The highest BCUT2D eigenvalue weighted by Gasteiger charge is 2.31. The zero-order valence-corrected chi connectivity index (χ0v) is 11.8. The van der Waals surface area contributed by atoms with Crippen molar-refractivity contribution in [2.45, 2.75) is 25.9 Å². The number of ether oxygens (including phenoxy) is 2. The second kappa shape index (κ2) is 4.91. The standard InChI is InChI=1S/C13H17FO3Si/c1-18(2,3)12-10(13-16-6-7-17-13)5-4-9(8-15)11(12)14/h4-5,8,13H,6-7H2,1-3H3. The van der Waals surface area contributed by atoms with Gasteiger partial charge in [-0.1, -0.05) is 25.7 Å². The number of hydrogen-bond donors (Lipinski definition) is 0. The van der Waals surface area contributed by atoms with Crippen LogP contribution in [0.5, 0.6) is 0 Å². The van der Waals surface area contributed by atoms with E-state index in [0.29, 0.717) is 24.7 Å². The smallest absolute Gasteiger partial charge is 0.184 e. The number of rotatable bonds is 3. The van der Waals surface area contributed by atoms with E-state index in [0.717, 1.165) is 5.56 Å². The predicted molar refractivity (Wildman–Crippen MR) is 69.4 cm³/mol. The predicted octanol–water partition coefficient (Wildman–Crippen LogP) is 2.23. The van der Waals surface area contributed by atoms with Crippen molar-refractivity contribution in [2.24, 2.45) is 0 Å². The van der Waals surface area contributed by atoms with Crippen LogP contribution in [0.25, 0.3) is 0 Å². The first-order valence-corrected chi connectivity index (χ1v) is 9.46. The summed E-state index contributed by atoms with van der Waals surface area (Å²) in [5.74, 6) is -0.416. The Kier molecular flexibility index (Phi) is 3.65. The highest BCUT2D eigenvalue weighted by molar-refractivity contribution is 6.89. The molecule has 0 bridgehead atoms. The van der Waals surface area contributed by atoms with Crippen molar-refractivity contribution in [3.05, 3.63) is 29.1 Å². The van der Waals surface area contributed by atoms with Crippen LogP contribution in [0.3, 0.4) is 0 Å². The SMILES string of the molecule is C[Si](C)(C)c1c(C2OCCO2)ccc(C=O)c1F. The van der Waals surface area contributed by atoms with E-state index in [9.17, 15) is 9.18 Å². The van der Waals surface area contributed by atoms with Gasteiger partial charge in [-0.3, -0.25) is 4.79 Å². The van der Waals surface area contributed by atoms with Crippen molar-refractivity contribution in [1.29, 1.82) is 0 Å². The molecule has 1 aromatic rings. The normalized spacial score (nSPS) is 17.1. The lowest BCUT2D eigenvalue weighted by molar-refractivity contribution is -0.0435. The first-order valence-electron chi connectivity index (χ1n) is 5.96. The van der Waals surface area contributed by atoms with Crippen molar-refractivity contribution in [3.63, 3.8) is 0 Å². The summed E-state index contributed by atoms with van der Waals surface area (Å²) < 4.78 is 25.3. The Balaban J connectivity index is 2.58. The Morgan fingerprint density at radius 3 is 2.39 bits per heavy atom. The van der Waals surface area contributed by atoms with Gasteiger partial charge in [-0.25, -0.2) is 4.39 Å². The fourth-order valence-corrected chi connectivity index (χ4v) is 4.06. The fraction of sp³-hybridized carbons (Fsp3) is 0.462. The van der Waals surface area contributed by atoms with E-state index in [-0.39, 0.29) is 5.56 Å². The molecule has 1 heterocycles. The van der Waals surface area contributed by atoms with Crippen molar-refractivity contribution >= 4 is 19.5 Å². The summed E-state index contributed by atoms with van der Waals surface area (Å²) in [6, 6.07) is 3.24. The number of benzene rings is 1. The summed E-state index contributed by atoms with van der Waals surface area (Å²) in [7, 11) is -1.93. The molecule has 0 aromatic heterocycles. The van der Waals surface area contributed by atoms with Crippen LogP contribution in [0, 0.1) is 5.82 Å². The number of hydrogen-bond acceptors (Lipinski definition) is 3. The van der Waals surface area contributed by atoms with Gasteiger partial charge in [-0.05, 0) is 11.3 Å². The third-order valence-corrected chi connectivity index (χ3v) is 4.96. The van der Waals surface area contributed by atoms with Gasteiger partial charge in [0.25, 0.3) is 0 Å². The van der Waals surface area contributed by atoms with E-state index in [4.69, 9.17) is 9.47 Å². The molecule has 1 aliphatic rings. The molecule has 2 rings (SSSR count). The van der Waals surface area contributed by atoms with Crippen LogP contribution in [0.4, 0.5) is 4.39 Å². The van der Waals surface area contributed by atoms with E-state index >= 15 is 0 Å². The minimum absolute atomic E-state index is 0.106. The van der Waals surface area contributed by atoms with E-state index in [1.807, 2.05) is 19.6 Å². The monoisotopic (exact) mass is 268 g/mol. The molecule has 0 unspecified atom stereocenters. The Hall–Kier alpha value is -1.04. The average Bonchev–Trinajstić information content (AvgIpc) is 2.80. The van der Waals surface area contributed by atoms with Crippen LogP contribution in [0.15, 0.2) is 12.1 Å². The maximum atomic E-state index is 14.4. The van der Waals surface area contributed by atoms with E-state index in [1.54, 1.807) is 6.07 Å². The number of aldehydes is 1. The molecule has 1 aliphatic heterocycles. The highest BCUT2D eigenvalue weighted by atomic mass is 28.3. The first-order chi connectivity index (χ1) is 8.45. The third kappa shape index (κ3) is 2.38. The molecule has 1 aromatic carbocycles. The molecule has 1 fully saturated rings. The van der Waals surface area contributed by atoms with Crippen molar-refractivity contribution in [1.82, 2.24) is 0 Å². The molecular weight excluding hydrogens is 251 g/mol. The molecule has 0 amide bonds. The maximum absolute atomic E-state index is 14.4. The highest BCUT2D eigenvalue weighted by Crippen LogP contribution is 2.25. The number of carbonyl (C=O) groups is 1. The molecule has 0 spiro atoms. The van der Waals surface area contributed by atoms with E-state index in [2.05, 4.69) is 0 Å². The molecule has 18 heavy (non-hydrogen) atoms. The zero-order valence-electron chi connectivity index (χ0n) is 10.8. The van der Waals surface area contributed by atoms with Gasteiger partial charge in [0, 0.05) is 11.1 Å². The van der Waals surface area contributed by atoms with Gasteiger partial charge in [-0.15, -0.1) is 0 Å². The minimum atomic E-state index is -1.93. The van der Waals surface area contributed by atoms with Crippen molar-refractivity contribution in [2.75, 3.05) is 13.2 Å². The lowest BCUT2D eigenvalue weighted by Crippen LogP contribution is -2.44. The second-order valence-electron chi connectivity index (χ2n) is 5.37. The summed E-state index contributed by atoms with van der Waals surface area (Å²) in [6.45, 7) is 7.16. The van der Waals surface area contributed by atoms with Crippen LogP contribution in [0.1, 0.15) is 22.2 Å². The molecule has 3 nitrogen and oxygen atoms in total. The lowest BCUT2D eigenvalue weighted by Gasteiger charge is -2.24. The number of carbonyl (C=O) groups excluding carboxylic acids is 1. The minimum Gasteiger partial charge on any atom is -0.346 e. The molecule has 0 radical (unpaired) electrons. The van der Waals surface area contributed by atoms with Crippen molar-refractivity contribution < 1.29 is 18.7 Å². The van der Waals surface area contributed by atoms with Gasteiger partial charge < -0.3 is 9.47 Å². The van der Waals surface area contributed by atoms with Gasteiger partial charge in [0.15, 0.2) is 12.6 Å². The quantitative estimate of drug-likeness (QED) is 0.623. The summed E-state index contributed by atoms with van der Waals surface area (Å²) in [4.78, 5) is 10.9.